The van der Waals surface area contributed by atoms with E-state index in [1.165, 1.54) is 4.88 Å². The topological polar surface area (TPSA) is 24.9 Å². The second kappa shape index (κ2) is 6.67. The van der Waals surface area contributed by atoms with E-state index in [1.807, 2.05) is 13.0 Å². The van der Waals surface area contributed by atoms with Crippen molar-refractivity contribution in [1.29, 1.82) is 0 Å². The third-order valence-corrected chi connectivity index (χ3v) is 4.53. The van der Waals surface area contributed by atoms with Gasteiger partial charge in [-0.05, 0) is 40.2 Å². The molecule has 1 unspecified atom stereocenters. The lowest BCUT2D eigenvalue weighted by atomic mass is 10.0. The third kappa shape index (κ3) is 3.69. The van der Waals surface area contributed by atoms with Gasteiger partial charge in [-0.1, -0.05) is 24.6 Å². The first-order valence-corrected chi connectivity index (χ1v) is 8.22. The average molecular weight is 306 g/mol. The van der Waals surface area contributed by atoms with Crippen LogP contribution >= 0.6 is 11.3 Å². The van der Waals surface area contributed by atoms with Crippen molar-refractivity contribution in [2.45, 2.75) is 53.1 Å². The lowest BCUT2D eigenvalue weighted by molar-refractivity contribution is 0.501. The van der Waals surface area contributed by atoms with Gasteiger partial charge in [-0.3, -0.25) is 0 Å². The van der Waals surface area contributed by atoms with Crippen LogP contribution < -0.4 is 5.32 Å². The summed E-state index contributed by atoms with van der Waals surface area (Å²) in [6, 6.07) is 5.33. The van der Waals surface area contributed by atoms with Gasteiger partial charge in [0.2, 0.25) is 0 Å². The quantitative estimate of drug-likeness (QED) is 0.876. The van der Waals surface area contributed by atoms with Crippen molar-refractivity contribution in [2.75, 3.05) is 0 Å². The molecule has 0 saturated heterocycles. The van der Waals surface area contributed by atoms with Crippen molar-refractivity contribution >= 4 is 11.3 Å². The van der Waals surface area contributed by atoms with Crippen LogP contribution in [0.1, 0.15) is 53.5 Å². The number of rotatable bonds is 5. The maximum Gasteiger partial charge on any atom is 0.128 e. The minimum atomic E-state index is -0.186. The van der Waals surface area contributed by atoms with E-state index in [2.05, 4.69) is 33.0 Å². The Bertz CT molecular complexity index is 619. The molecule has 1 aromatic carbocycles. The lowest BCUT2D eigenvalue weighted by Gasteiger charge is -2.20. The Balaban J connectivity index is 2.49. The molecule has 0 amide bonds. The van der Waals surface area contributed by atoms with E-state index in [-0.39, 0.29) is 17.9 Å². The molecule has 1 atom stereocenters. The minimum Gasteiger partial charge on any atom is -0.302 e. The first kappa shape index (κ1) is 16.1. The molecule has 2 rings (SSSR count). The standard InChI is InChI=1S/C17H23FN2S/c1-6-15-12(5)21-17(20-15)16(19-10(2)3)13-9-11(4)7-8-14(13)18/h7-10,16,19H,6H2,1-5H3. The first-order chi connectivity index (χ1) is 9.92. The van der Waals surface area contributed by atoms with Gasteiger partial charge in [0.05, 0.1) is 11.7 Å². The summed E-state index contributed by atoms with van der Waals surface area (Å²) in [6.45, 7) is 10.3. The molecule has 4 heteroatoms. The summed E-state index contributed by atoms with van der Waals surface area (Å²) in [5, 5.41) is 4.40. The Morgan fingerprint density at radius 2 is 2.00 bits per heavy atom. The van der Waals surface area contributed by atoms with Crippen molar-refractivity contribution in [3.05, 3.63) is 50.7 Å². The van der Waals surface area contributed by atoms with Gasteiger partial charge in [0.25, 0.3) is 0 Å². The molecule has 0 spiro atoms. The summed E-state index contributed by atoms with van der Waals surface area (Å²) in [5.74, 6) is -0.176. The highest BCUT2D eigenvalue weighted by Gasteiger charge is 2.23. The Kier molecular flexibility index (Phi) is 5.12. The number of aryl methyl sites for hydroxylation is 3. The van der Waals surface area contributed by atoms with E-state index < -0.39 is 0 Å². The molecule has 0 aliphatic carbocycles. The van der Waals surface area contributed by atoms with E-state index in [9.17, 15) is 4.39 Å². The molecule has 2 nitrogen and oxygen atoms in total. The molecule has 0 saturated carbocycles. The molecule has 1 heterocycles. The van der Waals surface area contributed by atoms with Crippen molar-refractivity contribution in [2.24, 2.45) is 0 Å². The predicted molar refractivity (Wildman–Crippen MR) is 87.5 cm³/mol. The fourth-order valence-corrected chi connectivity index (χ4v) is 3.50. The summed E-state index contributed by atoms with van der Waals surface area (Å²) in [4.78, 5) is 5.94. The predicted octanol–water partition coefficient (Wildman–Crippen LogP) is 4.55. The van der Waals surface area contributed by atoms with Gasteiger partial charge >= 0.3 is 0 Å². The van der Waals surface area contributed by atoms with Crippen LogP contribution in [0.25, 0.3) is 0 Å². The summed E-state index contributed by atoms with van der Waals surface area (Å²) in [6.07, 6.45) is 0.910. The van der Waals surface area contributed by atoms with E-state index in [4.69, 9.17) is 4.98 Å². The highest BCUT2D eigenvalue weighted by Crippen LogP contribution is 2.30. The van der Waals surface area contributed by atoms with Crippen molar-refractivity contribution in [3.8, 4) is 0 Å². The molecule has 21 heavy (non-hydrogen) atoms. The third-order valence-electron chi connectivity index (χ3n) is 3.45. The summed E-state index contributed by atoms with van der Waals surface area (Å²) >= 11 is 1.66. The SMILES string of the molecule is CCc1nc(C(NC(C)C)c2cc(C)ccc2F)sc1C. The molecule has 114 valence electrons. The molecule has 1 N–H and O–H groups in total. The fourth-order valence-electron chi connectivity index (χ4n) is 2.41. The molecule has 0 aliphatic heterocycles. The smallest absolute Gasteiger partial charge is 0.128 e. The fraction of sp³-hybridized carbons (Fsp3) is 0.471. The number of nitrogens with one attached hydrogen (secondary N) is 1. The van der Waals surface area contributed by atoms with Crippen LogP contribution in [0.4, 0.5) is 4.39 Å². The van der Waals surface area contributed by atoms with E-state index in [0.29, 0.717) is 5.56 Å². The second-order valence-corrected chi connectivity index (χ2v) is 6.92. The zero-order valence-electron chi connectivity index (χ0n) is 13.3. The molecule has 0 bridgehead atoms. The monoisotopic (exact) mass is 306 g/mol. The van der Waals surface area contributed by atoms with Gasteiger partial charge in [0.15, 0.2) is 0 Å². The van der Waals surface area contributed by atoms with Gasteiger partial charge in [0.1, 0.15) is 10.8 Å². The highest BCUT2D eigenvalue weighted by molar-refractivity contribution is 7.11. The normalized spacial score (nSPS) is 12.9. The Morgan fingerprint density at radius 1 is 1.29 bits per heavy atom. The number of thiazole rings is 1. The van der Waals surface area contributed by atoms with Gasteiger partial charge in [0, 0.05) is 16.5 Å². The van der Waals surface area contributed by atoms with Crippen LogP contribution in [0.2, 0.25) is 0 Å². The van der Waals surface area contributed by atoms with Crippen LogP contribution in [-0.2, 0) is 6.42 Å². The molecule has 0 fully saturated rings. The maximum atomic E-state index is 14.3. The maximum absolute atomic E-state index is 14.3. The van der Waals surface area contributed by atoms with E-state index in [1.54, 1.807) is 23.5 Å². The summed E-state index contributed by atoms with van der Waals surface area (Å²) in [7, 11) is 0. The number of nitrogens with zero attached hydrogens (tertiary/aromatic N) is 1. The van der Waals surface area contributed by atoms with E-state index in [0.717, 1.165) is 22.7 Å². The first-order valence-electron chi connectivity index (χ1n) is 7.40. The van der Waals surface area contributed by atoms with Crippen LogP contribution in [-0.4, -0.2) is 11.0 Å². The number of benzene rings is 1. The lowest BCUT2D eigenvalue weighted by Crippen LogP contribution is -2.29. The van der Waals surface area contributed by atoms with Crippen LogP contribution in [0.5, 0.6) is 0 Å². The van der Waals surface area contributed by atoms with Gasteiger partial charge in [-0.25, -0.2) is 9.37 Å². The molecule has 1 aromatic heterocycles. The summed E-state index contributed by atoms with van der Waals surface area (Å²) < 4.78 is 14.3. The number of hydrogen-bond acceptors (Lipinski definition) is 3. The zero-order valence-corrected chi connectivity index (χ0v) is 14.1. The molecular weight excluding hydrogens is 283 g/mol. The number of halogens is 1. The Morgan fingerprint density at radius 3 is 2.57 bits per heavy atom. The van der Waals surface area contributed by atoms with Crippen LogP contribution in [0.3, 0.4) is 0 Å². The van der Waals surface area contributed by atoms with Gasteiger partial charge < -0.3 is 5.32 Å². The minimum absolute atomic E-state index is 0.176. The Hall–Kier alpha value is -1.26. The number of aromatic nitrogens is 1. The highest BCUT2D eigenvalue weighted by atomic mass is 32.1. The molecule has 0 aliphatic rings. The van der Waals surface area contributed by atoms with Gasteiger partial charge in [-0.2, -0.15) is 0 Å². The zero-order chi connectivity index (χ0) is 15.6. The second-order valence-electron chi connectivity index (χ2n) is 5.69. The van der Waals surface area contributed by atoms with Crippen LogP contribution in [0, 0.1) is 19.7 Å². The molecule has 2 aromatic rings. The summed E-state index contributed by atoms with van der Waals surface area (Å²) in [5.41, 5.74) is 2.85. The van der Waals surface area contributed by atoms with Crippen molar-refractivity contribution in [3.63, 3.8) is 0 Å². The van der Waals surface area contributed by atoms with E-state index >= 15 is 0 Å². The molecule has 0 radical (unpaired) electrons. The van der Waals surface area contributed by atoms with Crippen molar-refractivity contribution < 1.29 is 4.39 Å². The van der Waals surface area contributed by atoms with Crippen LogP contribution in [0.15, 0.2) is 18.2 Å². The number of hydrogen-bond donors (Lipinski definition) is 1. The largest absolute Gasteiger partial charge is 0.302 e. The van der Waals surface area contributed by atoms with Crippen molar-refractivity contribution in [1.82, 2.24) is 10.3 Å². The average Bonchev–Trinajstić information content (AvgIpc) is 2.80. The van der Waals surface area contributed by atoms with Gasteiger partial charge in [-0.15, -0.1) is 11.3 Å². The Labute approximate surface area is 130 Å². The molecular formula is C17H23FN2S.